The van der Waals surface area contributed by atoms with Gasteiger partial charge in [0.15, 0.2) is 0 Å². The Hall–Kier alpha value is -3.62. The molecule has 0 saturated carbocycles. The lowest BCUT2D eigenvalue weighted by Gasteiger charge is -2.20. The number of nitrogens with two attached hydrogens (primary N) is 1. The van der Waals surface area contributed by atoms with Crippen LogP contribution in [0.25, 0.3) is 11.1 Å². The number of allylic oxidation sites excluding steroid dienone is 1. The zero-order chi connectivity index (χ0) is 27.8. The Morgan fingerprint density at radius 1 is 1.10 bits per heavy atom. The monoisotopic (exact) mass is 527 g/mol. The molecule has 1 unspecified atom stereocenters. The Balaban J connectivity index is 1.75. The normalized spacial score (nSPS) is 16.1. The molecule has 0 bridgehead atoms. The summed E-state index contributed by atoms with van der Waals surface area (Å²) < 4.78 is 28.1. The smallest absolute Gasteiger partial charge is 0.132 e. The minimum Gasteiger partial charge on any atom is -0.399 e. The second kappa shape index (κ2) is 13.4. The summed E-state index contributed by atoms with van der Waals surface area (Å²) in [6, 6.07) is 19.8. The molecule has 0 radical (unpaired) electrons. The van der Waals surface area contributed by atoms with Gasteiger partial charge in [0, 0.05) is 43.5 Å². The zero-order valence-corrected chi connectivity index (χ0v) is 23.1. The third kappa shape index (κ3) is 7.07. The highest BCUT2D eigenvalue weighted by atomic mass is 19.1. The molecule has 0 aliphatic carbocycles. The summed E-state index contributed by atoms with van der Waals surface area (Å²) >= 11 is 0. The maximum atomic E-state index is 15.5. The minimum atomic E-state index is -0.283. The first kappa shape index (κ1) is 28.4. The van der Waals surface area contributed by atoms with Crippen molar-refractivity contribution in [2.24, 2.45) is 5.92 Å². The molecule has 5 heteroatoms. The molecule has 4 rings (SSSR count). The van der Waals surface area contributed by atoms with E-state index in [1.807, 2.05) is 37.3 Å². The van der Waals surface area contributed by atoms with Crippen molar-refractivity contribution in [1.82, 2.24) is 4.90 Å². The van der Waals surface area contributed by atoms with Gasteiger partial charge in [-0.15, -0.1) is 12.3 Å². The Bertz CT molecular complexity index is 1340. The van der Waals surface area contributed by atoms with Crippen LogP contribution in [0, 0.1) is 31.0 Å². The fourth-order valence-corrected chi connectivity index (χ4v) is 5.67. The Kier molecular flexibility index (Phi) is 9.79. The number of rotatable bonds is 11. The molecule has 3 nitrogen and oxygen atoms in total. The molecule has 3 aromatic rings. The number of hydrogen-bond acceptors (Lipinski definition) is 3. The summed E-state index contributed by atoms with van der Waals surface area (Å²) in [6.07, 6.45) is 9.48. The highest BCUT2D eigenvalue weighted by molar-refractivity contribution is 5.99. The van der Waals surface area contributed by atoms with Gasteiger partial charge in [-0.3, -0.25) is 4.39 Å². The molecule has 1 aliphatic rings. The van der Waals surface area contributed by atoms with Gasteiger partial charge >= 0.3 is 0 Å². The molecule has 3 aromatic carbocycles. The van der Waals surface area contributed by atoms with E-state index in [9.17, 15) is 4.39 Å². The van der Waals surface area contributed by atoms with Gasteiger partial charge < -0.3 is 16.0 Å². The van der Waals surface area contributed by atoms with Crippen molar-refractivity contribution in [3.8, 4) is 12.3 Å². The molecule has 0 aromatic heterocycles. The number of hydrogen-bond donors (Lipinski definition) is 2. The molecule has 1 saturated heterocycles. The molecule has 204 valence electrons. The summed E-state index contributed by atoms with van der Waals surface area (Å²) in [5.74, 6) is 3.04. The number of halogens is 2. The van der Waals surface area contributed by atoms with Gasteiger partial charge in [0.25, 0.3) is 0 Å². The topological polar surface area (TPSA) is 41.3 Å². The SMILES string of the molecule is C#CCC/C(=C(/c1ccc(CC2CCN(CCCF)C2)cc1)c1ccc(N)cc1C)c1ccc(NC)cc1F. The van der Waals surface area contributed by atoms with E-state index in [2.05, 4.69) is 40.4 Å². The predicted molar refractivity (Wildman–Crippen MR) is 161 cm³/mol. The second-order valence-electron chi connectivity index (χ2n) is 10.5. The van der Waals surface area contributed by atoms with Crippen LogP contribution in [-0.2, 0) is 6.42 Å². The van der Waals surface area contributed by atoms with Crippen LogP contribution < -0.4 is 11.1 Å². The number of alkyl halides is 1. The van der Waals surface area contributed by atoms with Gasteiger partial charge in [-0.1, -0.05) is 30.3 Å². The van der Waals surface area contributed by atoms with Crippen LogP contribution in [0.15, 0.2) is 60.7 Å². The van der Waals surface area contributed by atoms with Gasteiger partial charge in [0.2, 0.25) is 0 Å². The molecular formula is C34H39F2N3. The predicted octanol–water partition coefficient (Wildman–Crippen LogP) is 7.35. The van der Waals surface area contributed by atoms with Crippen molar-refractivity contribution < 1.29 is 8.78 Å². The van der Waals surface area contributed by atoms with Crippen molar-refractivity contribution in [2.75, 3.05) is 44.4 Å². The van der Waals surface area contributed by atoms with E-state index in [-0.39, 0.29) is 12.5 Å². The Morgan fingerprint density at radius 2 is 1.87 bits per heavy atom. The number of likely N-dealkylation sites (tertiary alicyclic amines) is 1. The van der Waals surface area contributed by atoms with Crippen molar-refractivity contribution in [3.63, 3.8) is 0 Å². The molecule has 0 spiro atoms. The van der Waals surface area contributed by atoms with Gasteiger partial charge in [0.05, 0.1) is 6.67 Å². The van der Waals surface area contributed by atoms with Gasteiger partial charge in [-0.2, -0.15) is 0 Å². The van der Waals surface area contributed by atoms with E-state index in [0.29, 0.717) is 36.4 Å². The van der Waals surface area contributed by atoms with Crippen LogP contribution in [0.5, 0.6) is 0 Å². The fraction of sp³-hybridized carbons (Fsp3) is 0.353. The summed E-state index contributed by atoms with van der Waals surface area (Å²) in [5, 5.41) is 3.01. The van der Waals surface area contributed by atoms with Crippen LogP contribution in [-0.4, -0.2) is 38.3 Å². The quantitative estimate of drug-likeness (QED) is 0.156. The maximum Gasteiger partial charge on any atom is 0.132 e. The number of nitrogens with zero attached hydrogens (tertiary/aromatic N) is 1. The number of terminal acetylenes is 1. The zero-order valence-electron chi connectivity index (χ0n) is 23.1. The number of aryl methyl sites for hydroxylation is 1. The maximum absolute atomic E-state index is 15.5. The van der Waals surface area contributed by atoms with E-state index >= 15 is 4.39 Å². The van der Waals surface area contributed by atoms with E-state index in [0.717, 1.165) is 66.0 Å². The fourth-order valence-electron chi connectivity index (χ4n) is 5.67. The van der Waals surface area contributed by atoms with Gasteiger partial charge in [-0.05, 0) is 109 Å². The van der Waals surface area contributed by atoms with Crippen LogP contribution in [0.1, 0.15) is 53.5 Å². The third-order valence-electron chi connectivity index (χ3n) is 7.67. The second-order valence-corrected chi connectivity index (χ2v) is 10.5. The molecule has 1 heterocycles. The van der Waals surface area contributed by atoms with Crippen molar-refractivity contribution >= 4 is 22.5 Å². The first-order valence-electron chi connectivity index (χ1n) is 13.8. The highest BCUT2D eigenvalue weighted by Gasteiger charge is 2.23. The summed E-state index contributed by atoms with van der Waals surface area (Å²) in [6.45, 7) is 4.69. The highest BCUT2D eigenvalue weighted by Crippen LogP contribution is 2.38. The van der Waals surface area contributed by atoms with Crippen LogP contribution in [0.4, 0.5) is 20.2 Å². The van der Waals surface area contributed by atoms with Crippen LogP contribution in [0.2, 0.25) is 0 Å². The largest absolute Gasteiger partial charge is 0.399 e. The summed E-state index contributed by atoms with van der Waals surface area (Å²) in [5.41, 5.74) is 14.3. The Morgan fingerprint density at radius 3 is 2.54 bits per heavy atom. The lowest BCUT2D eigenvalue weighted by molar-refractivity contribution is 0.301. The summed E-state index contributed by atoms with van der Waals surface area (Å²) in [4.78, 5) is 2.37. The summed E-state index contributed by atoms with van der Waals surface area (Å²) in [7, 11) is 1.78. The number of nitrogens with one attached hydrogen (secondary N) is 1. The molecule has 1 atom stereocenters. The average molecular weight is 528 g/mol. The van der Waals surface area contributed by atoms with E-state index < -0.39 is 0 Å². The number of benzene rings is 3. The van der Waals surface area contributed by atoms with E-state index in [1.165, 1.54) is 11.6 Å². The molecular weight excluding hydrogens is 488 g/mol. The Labute approximate surface area is 232 Å². The average Bonchev–Trinajstić information content (AvgIpc) is 3.38. The first-order valence-corrected chi connectivity index (χ1v) is 13.8. The van der Waals surface area contributed by atoms with Crippen LogP contribution >= 0.6 is 0 Å². The number of nitrogen functional groups attached to an aromatic ring is 1. The van der Waals surface area contributed by atoms with E-state index in [1.54, 1.807) is 7.05 Å². The standard InChI is InChI=1S/C34H39F2N3/c1-4-5-7-32(31-15-13-29(38-3)22-33(31)36)34(30-14-12-28(37)20-24(30)2)27-10-8-25(9-11-27)21-26-16-19-39(23-26)18-6-17-35/h1,8-15,20,22,26,38H,5-7,16-19,21,23,37H2,2-3H3/b34-32+. The molecule has 0 amide bonds. The van der Waals surface area contributed by atoms with Gasteiger partial charge in [-0.25, -0.2) is 4.39 Å². The van der Waals surface area contributed by atoms with Crippen molar-refractivity contribution in [1.29, 1.82) is 0 Å². The molecule has 3 N–H and O–H groups in total. The van der Waals surface area contributed by atoms with Gasteiger partial charge in [0.1, 0.15) is 5.82 Å². The third-order valence-corrected chi connectivity index (χ3v) is 7.67. The molecule has 1 aliphatic heterocycles. The van der Waals surface area contributed by atoms with Crippen molar-refractivity contribution in [2.45, 2.75) is 39.0 Å². The van der Waals surface area contributed by atoms with Crippen LogP contribution in [0.3, 0.4) is 0 Å². The lowest BCUT2D eigenvalue weighted by Crippen LogP contribution is -2.22. The molecule has 39 heavy (non-hydrogen) atoms. The van der Waals surface area contributed by atoms with E-state index in [4.69, 9.17) is 12.2 Å². The lowest BCUT2D eigenvalue weighted by atomic mass is 9.84. The minimum absolute atomic E-state index is 0.251. The molecule has 1 fully saturated rings. The number of anilines is 2. The van der Waals surface area contributed by atoms with Crippen molar-refractivity contribution in [3.05, 3.63) is 94.3 Å². The first-order chi connectivity index (χ1) is 18.9.